The minimum absolute atomic E-state index is 0.0632. The molecule has 1 rings (SSSR count). The lowest BCUT2D eigenvalue weighted by molar-refractivity contribution is -0.132. The van der Waals surface area contributed by atoms with Crippen LogP contribution in [0.2, 0.25) is 0 Å². The molecule has 20 heavy (non-hydrogen) atoms. The highest BCUT2D eigenvalue weighted by Gasteiger charge is 2.20. The second-order valence-corrected chi connectivity index (χ2v) is 4.77. The number of nitrogens with two attached hydrogens (primary N) is 1. The third kappa shape index (κ3) is 4.27. The molecule has 0 aliphatic carbocycles. The van der Waals surface area contributed by atoms with Gasteiger partial charge in [-0.05, 0) is 30.5 Å². The van der Waals surface area contributed by atoms with Gasteiger partial charge >= 0.3 is 0 Å². The number of halogens is 2. The summed E-state index contributed by atoms with van der Waals surface area (Å²) in [5, 5.41) is 0. The van der Waals surface area contributed by atoms with Crippen molar-refractivity contribution < 1.29 is 13.6 Å². The zero-order valence-electron chi connectivity index (χ0n) is 12.0. The predicted octanol–water partition coefficient (Wildman–Crippen LogP) is 2.48. The van der Waals surface area contributed by atoms with Crippen LogP contribution in [0.4, 0.5) is 8.78 Å². The molecule has 0 aliphatic rings. The summed E-state index contributed by atoms with van der Waals surface area (Å²) < 4.78 is 26.0. The highest BCUT2D eigenvalue weighted by molar-refractivity contribution is 5.79. The summed E-state index contributed by atoms with van der Waals surface area (Å²) in [6, 6.07) is 3.68. The zero-order valence-corrected chi connectivity index (χ0v) is 12.0. The number of carbonyl (C=O) groups is 1. The predicted molar refractivity (Wildman–Crippen MR) is 75.2 cm³/mol. The first kappa shape index (κ1) is 16.6. The average Bonchev–Trinajstić information content (AvgIpc) is 2.43. The van der Waals surface area contributed by atoms with Gasteiger partial charge in [0.05, 0.1) is 6.42 Å². The maximum atomic E-state index is 13.1. The van der Waals surface area contributed by atoms with Crippen LogP contribution in [-0.2, 0) is 11.2 Å². The third-order valence-corrected chi connectivity index (χ3v) is 3.41. The van der Waals surface area contributed by atoms with Crippen LogP contribution >= 0.6 is 0 Å². The molecule has 0 fully saturated rings. The van der Waals surface area contributed by atoms with Gasteiger partial charge in [-0.3, -0.25) is 4.79 Å². The lowest BCUT2D eigenvalue weighted by Crippen LogP contribution is -2.43. The Balaban J connectivity index is 2.81. The maximum Gasteiger partial charge on any atom is 0.227 e. The lowest BCUT2D eigenvalue weighted by Gasteiger charge is -2.30. The molecule has 0 spiro atoms. The first-order valence-corrected chi connectivity index (χ1v) is 6.96. The Labute approximate surface area is 118 Å². The molecule has 1 aromatic rings. The summed E-state index contributed by atoms with van der Waals surface area (Å²) in [4.78, 5) is 14.0. The van der Waals surface area contributed by atoms with Crippen molar-refractivity contribution in [1.82, 2.24) is 4.90 Å². The molecule has 0 saturated carbocycles. The fourth-order valence-corrected chi connectivity index (χ4v) is 2.31. The molecule has 2 N–H and O–H groups in total. The van der Waals surface area contributed by atoms with Crippen LogP contribution < -0.4 is 5.73 Å². The Kier molecular flexibility index (Phi) is 6.58. The molecule has 0 unspecified atom stereocenters. The Bertz CT molecular complexity index is 447. The van der Waals surface area contributed by atoms with Crippen molar-refractivity contribution in [2.45, 2.75) is 39.2 Å². The van der Waals surface area contributed by atoms with E-state index in [0.717, 1.165) is 25.0 Å². The summed E-state index contributed by atoms with van der Waals surface area (Å²) in [6.07, 6.45) is 1.76. The van der Waals surface area contributed by atoms with Gasteiger partial charge in [0, 0.05) is 19.1 Å². The highest BCUT2D eigenvalue weighted by Crippen LogP contribution is 2.13. The first-order valence-electron chi connectivity index (χ1n) is 6.96. The quantitative estimate of drug-likeness (QED) is 0.836. The van der Waals surface area contributed by atoms with E-state index in [-0.39, 0.29) is 18.4 Å². The second-order valence-electron chi connectivity index (χ2n) is 4.77. The average molecular weight is 284 g/mol. The van der Waals surface area contributed by atoms with E-state index in [9.17, 15) is 13.6 Å². The number of amides is 1. The van der Waals surface area contributed by atoms with Crippen LogP contribution in [0.5, 0.6) is 0 Å². The van der Waals surface area contributed by atoms with Crippen molar-refractivity contribution in [3.05, 3.63) is 35.4 Å². The molecule has 1 amide bonds. The summed E-state index contributed by atoms with van der Waals surface area (Å²) in [5.74, 6) is -1.93. The van der Waals surface area contributed by atoms with E-state index < -0.39 is 11.6 Å². The van der Waals surface area contributed by atoms with Crippen molar-refractivity contribution in [2.24, 2.45) is 5.73 Å². The summed E-state index contributed by atoms with van der Waals surface area (Å²) >= 11 is 0. The Morgan fingerprint density at radius 3 is 2.40 bits per heavy atom. The molecule has 112 valence electrons. The van der Waals surface area contributed by atoms with Gasteiger partial charge in [-0.25, -0.2) is 8.78 Å². The number of carbonyl (C=O) groups excluding carboxylic acids is 1. The minimum Gasteiger partial charge on any atom is -0.338 e. The van der Waals surface area contributed by atoms with Gasteiger partial charge in [0.2, 0.25) is 5.91 Å². The van der Waals surface area contributed by atoms with Crippen molar-refractivity contribution in [3.63, 3.8) is 0 Å². The van der Waals surface area contributed by atoms with Gasteiger partial charge in [-0.15, -0.1) is 0 Å². The van der Waals surface area contributed by atoms with Gasteiger partial charge in [-0.1, -0.05) is 19.9 Å². The van der Waals surface area contributed by atoms with Gasteiger partial charge in [-0.2, -0.15) is 0 Å². The van der Waals surface area contributed by atoms with Gasteiger partial charge in [0.15, 0.2) is 11.6 Å². The van der Waals surface area contributed by atoms with Crippen molar-refractivity contribution in [1.29, 1.82) is 0 Å². The van der Waals surface area contributed by atoms with E-state index in [0.29, 0.717) is 18.7 Å². The maximum absolute atomic E-state index is 13.1. The molecule has 0 saturated heterocycles. The summed E-state index contributed by atoms with van der Waals surface area (Å²) in [5.41, 5.74) is 6.02. The van der Waals surface area contributed by atoms with Crippen LogP contribution in [0, 0.1) is 11.6 Å². The zero-order chi connectivity index (χ0) is 15.1. The molecule has 5 heteroatoms. The second kappa shape index (κ2) is 7.94. The van der Waals surface area contributed by atoms with E-state index in [2.05, 4.69) is 0 Å². The molecule has 0 bridgehead atoms. The monoisotopic (exact) mass is 284 g/mol. The Hall–Kier alpha value is -1.49. The molecule has 0 aliphatic heterocycles. The largest absolute Gasteiger partial charge is 0.338 e. The SMILES string of the molecule is CCC(CC)N(CCN)C(=O)Cc1ccc(F)c(F)c1. The minimum atomic E-state index is -0.928. The molecule has 0 heterocycles. The van der Waals surface area contributed by atoms with Crippen molar-refractivity contribution >= 4 is 5.91 Å². The van der Waals surface area contributed by atoms with Gasteiger partial charge in [0.1, 0.15) is 0 Å². The first-order chi connectivity index (χ1) is 9.53. The number of benzene rings is 1. The van der Waals surface area contributed by atoms with E-state index in [1.165, 1.54) is 6.07 Å². The van der Waals surface area contributed by atoms with Crippen molar-refractivity contribution in [2.75, 3.05) is 13.1 Å². The fourth-order valence-electron chi connectivity index (χ4n) is 2.31. The molecule has 3 nitrogen and oxygen atoms in total. The fraction of sp³-hybridized carbons (Fsp3) is 0.533. The number of hydrogen-bond donors (Lipinski definition) is 1. The number of nitrogens with zero attached hydrogens (tertiary/aromatic N) is 1. The van der Waals surface area contributed by atoms with E-state index in [1.807, 2.05) is 13.8 Å². The Morgan fingerprint density at radius 2 is 1.90 bits per heavy atom. The number of rotatable bonds is 7. The highest BCUT2D eigenvalue weighted by atomic mass is 19.2. The Morgan fingerprint density at radius 1 is 1.25 bits per heavy atom. The van der Waals surface area contributed by atoms with E-state index in [1.54, 1.807) is 4.90 Å². The molecule has 0 radical (unpaired) electrons. The normalized spacial score (nSPS) is 10.9. The smallest absolute Gasteiger partial charge is 0.227 e. The third-order valence-electron chi connectivity index (χ3n) is 3.41. The van der Waals surface area contributed by atoms with Gasteiger partial charge in [0.25, 0.3) is 0 Å². The van der Waals surface area contributed by atoms with Crippen LogP contribution in [0.3, 0.4) is 0 Å². The molecular formula is C15H22F2N2O. The standard InChI is InChI=1S/C15H22F2N2O/c1-3-12(4-2)19(8-7-18)15(20)10-11-5-6-13(16)14(17)9-11/h5-6,9,12H,3-4,7-8,10,18H2,1-2H3. The van der Waals surface area contributed by atoms with Gasteiger partial charge < -0.3 is 10.6 Å². The van der Waals surface area contributed by atoms with Crippen LogP contribution in [0.15, 0.2) is 18.2 Å². The molecule has 0 atom stereocenters. The molecule has 0 aromatic heterocycles. The summed E-state index contributed by atoms with van der Waals surface area (Å²) in [6.45, 7) is 4.90. The summed E-state index contributed by atoms with van der Waals surface area (Å²) in [7, 11) is 0. The van der Waals surface area contributed by atoms with E-state index in [4.69, 9.17) is 5.73 Å². The topological polar surface area (TPSA) is 46.3 Å². The van der Waals surface area contributed by atoms with Crippen molar-refractivity contribution in [3.8, 4) is 0 Å². The molecular weight excluding hydrogens is 262 g/mol. The van der Waals surface area contributed by atoms with E-state index >= 15 is 0 Å². The van der Waals surface area contributed by atoms with Crippen LogP contribution in [0.1, 0.15) is 32.3 Å². The van der Waals surface area contributed by atoms with Crippen LogP contribution in [-0.4, -0.2) is 29.9 Å². The van der Waals surface area contributed by atoms with Crippen LogP contribution in [0.25, 0.3) is 0 Å². The number of hydrogen-bond acceptors (Lipinski definition) is 2. The lowest BCUT2D eigenvalue weighted by atomic mass is 10.1. The molecule has 1 aromatic carbocycles.